The molecule has 0 radical (unpaired) electrons. The summed E-state index contributed by atoms with van der Waals surface area (Å²) in [6.45, 7) is 2.68. The van der Waals surface area contributed by atoms with Crippen LogP contribution in [0.25, 0.3) is 21.8 Å². The van der Waals surface area contributed by atoms with Gasteiger partial charge in [0.05, 0.1) is 16.6 Å². The van der Waals surface area contributed by atoms with Crippen molar-refractivity contribution in [3.05, 3.63) is 64.6 Å². The number of nitrogens with one attached hydrogen (secondary N) is 2. The topological polar surface area (TPSA) is 85.4 Å². The lowest BCUT2D eigenvalue weighted by molar-refractivity contribution is 0.102. The Bertz CT molecular complexity index is 1300. The number of aromatic nitrogens is 2. The lowest BCUT2D eigenvalue weighted by Gasteiger charge is -2.13. The molecule has 0 fully saturated rings. The van der Waals surface area contributed by atoms with Crippen LogP contribution in [-0.2, 0) is 6.54 Å². The molecule has 0 aliphatic carbocycles. The third-order valence-corrected chi connectivity index (χ3v) is 5.00. The van der Waals surface area contributed by atoms with Gasteiger partial charge in [0, 0.05) is 35.9 Å². The number of pyridine rings is 1. The van der Waals surface area contributed by atoms with E-state index >= 15 is 0 Å². The first kappa shape index (κ1) is 16.4. The number of hydrogen-bond acceptors (Lipinski definition) is 4. The van der Waals surface area contributed by atoms with E-state index in [0.717, 1.165) is 10.9 Å². The second kappa shape index (κ2) is 6.16. The summed E-state index contributed by atoms with van der Waals surface area (Å²) in [6.07, 6.45) is 3.41. The monoisotopic (exact) mass is 375 g/mol. The Morgan fingerprint density at radius 1 is 1.18 bits per heavy atom. The van der Waals surface area contributed by atoms with E-state index in [9.17, 15) is 9.59 Å². The normalized spacial score (nSPS) is 12.6. The molecule has 0 atom stereocenters. The number of ether oxygens (including phenoxy) is 2. The second-order valence-corrected chi connectivity index (χ2v) is 6.58. The van der Waals surface area contributed by atoms with Gasteiger partial charge in [-0.2, -0.15) is 0 Å². The largest absolute Gasteiger partial charge is 0.454 e. The zero-order valence-corrected chi connectivity index (χ0v) is 15.1. The van der Waals surface area contributed by atoms with Crippen molar-refractivity contribution >= 4 is 33.4 Å². The summed E-state index contributed by atoms with van der Waals surface area (Å²) in [6, 6.07) is 10.9. The van der Waals surface area contributed by atoms with Crippen LogP contribution in [0.4, 0.5) is 5.69 Å². The summed E-state index contributed by atoms with van der Waals surface area (Å²) in [4.78, 5) is 29.1. The molecule has 5 rings (SSSR count). The number of aryl methyl sites for hydroxylation is 1. The number of benzene rings is 2. The van der Waals surface area contributed by atoms with E-state index in [1.807, 2.05) is 42.0 Å². The number of carbonyl (C=O) groups is 1. The van der Waals surface area contributed by atoms with Crippen LogP contribution in [0.2, 0.25) is 0 Å². The zero-order valence-electron chi connectivity index (χ0n) is 15.1. The van der Waals surface area contributed by atoms with E-state index in [2.05, 4.69) is 10.3 Å². The van der Waals surface area contributed by atoms with Crippen molar-refractivity contribution in [2.75, 3.05) is 12.1 Å². The molecule has 0 spiro atoms. The summed E-state index contributed by atoms with van der Waals surface area (Å²) < 4.78 is 12.7. The molecule has 7 nitrogen and oxygen atoms in total. The van der Waals surface area contributed by atoms with Crippen molar-refractivity contribution in [1.82, 2.24) is 9.55 Å². The summed E-state index contributed by atoms with van der Waals surface area (Å²) in [5.74, 6) is 0.674. The minimum Gasteiger partial charge on any atom is -0.454 e. The van der Waals surface area contributed by atoms with Crippen LogP contribution in [0.3, 0.4) is 0 Å². The fourth-order valence-electron chi connectivity index (χ4n) is 3.59. The molecule has 0 unspecified atom stereocenters. The molecule has 2 N–H and O–H groups in total. The molecule has 1 aliphatic heterocycles. The minimum absolute atomic E-state index is 0.0840. The quantitative estimate of drug-likeness (QED) is 0.574. The van der Waals surface area contributed by atoms with Gasteiger partial charge in [-0.15, -0.1) is 0 Å². The average Bonchev–Trinajstić information content (AvgIpc) is 3.36. The van der Waals surface area contributed by atoms with Crippen LogP contribution in [0.15, 0.2) is 53.6 Å². The second-order valence-electron chi connectivity index (χ2n) is 6.58. The molecule has 2 aromatic heterocycles. The maximum absolute atomic E-state index is 13.1. The third kappa shape index (κ3) is 2.44. The first-order chi connectivity index (χ1) is 13.7. The van der Waals surface area contributed by atoms with E-state index in [1.165, 1.54) is 0 Å². The van der Waals surface area contributed by atoms with E-state index in [1.54, 1.807) is 18.3 Å². The third-order valence-electron chi connectivity index (χ3n) is 5.00. The molecular weight excluding hydrogens is 358 g/mol. The van der Waals surface area contributed by atoms with Crippen molar-refractivity contribution < 1.29 is 14.3 Å². The summed E-state index contributed by atoms with van der Waals surface area (Å²) in [5, 5.41) is 4.18. The predicted molar refractivity (Wildman–Crippen MR) is 106 cm³/mol. The number of aromatic amines is 1. The van der Waals surface area contributed by atoms with Crippen molar-refractivity contribution in [3.63, 3.8) is 0 Å². The summed E-state index contributed by atoms with van der Waals surface area (Å²) >= 11 is 0. The highest BCUT2D eigenvalue weighted by atomic mass is 16.7. The Morgan fingerprint density at radius 3 is 2.82 bits per heavy atom. The highest BCUT2D eigenvalue weighted by Crippen LogP contribution is 2.35. The first-order valence-electron chi connectivity index (χ1n) is 9.00. The Hall–Kier alpha value is -3.74. The van der Waals surface area contributed by atoms with E-state index in [-0.39, 0.29) is 17.8 Å². The maximum atomic E-state index is 13.1. The van der Waals surface area contributed by atoms with Crippen LogP contribution in [-0.4, -0.2) is 22.3 Å². The van der Waals surface area contributed by atoms with Crippen molar-refractivity contribution in [1.29, 1.82) is 0 Å². The van der Waals surface area contributed by atoms with Gasteiger partial charge in [-0.05, 0) is 31.2 Å². The minimum atomic E-state index is -0.444. The van der Waals surface area contributed by atoms with Gasteiger partial charge in [-0.25, -0.2) is 0 Å². The van der Waals surface area contributed by atoms with Gasteiger partial charge in [0.1, 0.15) is 5.56 Å². The number of hydrogen-bond donors (Lipinski definition) is 2. The number of rotatable bonds is 3. The number of H-pyrrole nitrogens is 1. The molecule has 1 aliphatic rings. The molecule has 0 saturated carbocycles. The molecule has 1 amide bonds. The van der Waals surface area contributed by atoms with Gasteiger partial charge in [0.2, 0.25) is 12.2 Å². The van der Waals surface area contributed by atoms with E-state index in [4.69, 9.17) is 9.47 Å². The first-order valence-corrected chi connectivity index (χ1v) is 9.00. The molecule has 3 heterocycles. The molecule has 140 valence electrons. The molecule has 0 saturated heterocycles. The average molecular weight is 375 g/mol. The van der Waals surface area contributed by atoms with Crippen LogP contribution in [0, 0.1) is 0 Å². The number of nitrogens with zero attached hydrogens (tertiary/aromatic N) is 1. The maximum Gasteiger partial charge on any atom is 0.261 e. The number of carbonyl (C=O) groups excluding carboxylic acids is 1. The SMILES string of the molecule is CCn1cc(C(=O)Nc2cccc3[nH]ccc23)c(=O)c2cc3c(cc21)OCO3. The standard InChI is InChI=1S/C21H17N3O4/c1-2-24-10-14(20(25)13-8-18-19(9-17(13)24)28-11-27-18)21(26)23-16-5-3-4-15-12(16)6-7-22-15/h3-10,22H,2,11H2,1H3,(H,23,26). The highest BCUT2D eigenvalue weighted by Gasteiger charge is 2.21. The van der Waals surface area contributed by atoms with Crippen LogP contribution in [0.5, 0.6) is 11.5 Å². The van der Waals surface area contributed by atoms with Gasteiger partial charge in [0.15, 0.2) is 11.5 Å². The molecular formula is C21H17N3O4. The number of anilines is 1. The zero-order chi connectivity index (χ0) is 19.3. The molecule has 0 bridgehead atoms. The van der Waals surface area contributed by atoms with Gasteiger partial charge in [-0.3, -0.25) is 9.59 Å². The van der Waals surface area contributed by atoms with Crippen molar-refractivity contribution in [2.24, 2.45) is 0 Å². The van der Waals surface area contributed by atoms with Crippen LogP contribution >= 0.6 is 0 Å². The summed E-state index contributed by atoms with van der Waals surface area (Å²) in [5.41, 5.74) is 2.02. The lowest BCUT2D eigenvalue weighted by atomic mass is 10.1. The predicted octanol–water partition coefficient (Wildman–Crippen LogP) is 3.48. The van der Waals surface area contributed by atoms with Crippen LogP contribution in [0.1, 0.15) is 17.3 Å². The molecule has 2 aromatic carbocycles. The lowest BCUT2D eigenvalue weighted by Crippen LogP contribution is -2.24. The Labute approximate surface area is 159 Å². The molecule has 7 heteroatoms. The number of fused-ring (bicyclic) bond motifs is 3. The molecule has 28 heavy (non-hydrogen) atoms. The Morgan fingerprint density at radius 2 is 2.00 bits per heavy atom. The Kier molecular flexibility index (Phi) is 3.61. The van der Waals surface area contributed by atoms with E-state index in [0.29, 0.717) is 34.6 Å². The highest BCUT2D eigenvalue weighted by molar-refractivity contribution is 6.09. The molecule has 4 aromatic rings. The van der Waals surface area contributed by atoms with E-state index < -0.39 is 5.91 Å². The van der Waals surface area contributed by atoms with Gasteiger partial charge in [0.25, 0.3) is 5.91 Å². The van der Waals surface area contributed by atoms with Crippen LogP contribution < -0.4 is 20.2 Å². The Balaban J connectivity index is 1.63. The summed E-state index contributed by atoms with van der Waals surface area (Å²) in [7, 11) is 0. The van der Waals surface area contributed by atoms with Gasteiger partial charge >= 0.3 is 0 Å². The fraction of sp³-hybridized carbons (Fsp3) is 0.143. The van der Waals surface area contributed by atoms with Crippen molar-refractivity contribution in [2.45, 2.75) is 13.5 Å². The number of amides is 1. The van der Waals surface area contributed by atoms with Crippen molar-refractivity contribution in [3.8, 4) is 11.5 Å². The smallest absolute Gasteiger partial charge is 0.261 e. The fourth-order valence-corrected chi connectivity index (χ4v) is 3.59. The van der Waals surface area contributed by atoms with Gasteiger partial charge < -0.3 is 24.3 Å². The van der Waals surface area contributed by atoms with Gasteiger partial charge in [-0.1, -0.05) is 6.07 Å².